The molecule has 2 fully saturated rings. The van der Waals surface area contributed by atoms with Crippen molar-refractivity contribution < 1.29 is 24.0 Å². The summed E-state index contributed by atoms with van der Waals surface area (Å²) in [5.41, 5.74) is -1.18. The third kappa shape index (κ3) is 1.63. The Morgan fingerprint density at radius 3 is 2.55 bits per heavy atom. The Labute approximate surface area is 119 Å². The number of ether oxygens (including phenoxy) is 2. The second-order valence-electron chi connectivity index (χ2n) is 6.87. The Hall–Kier alpha value is -0.910. The van der Waals surface area contributed by atoms with Crippen LogP contribution in [-0.4, -0.2) is 30.1 Å². The first kappa shape index (κ1) is 14.0. The van der Waals surface area contributed by atoms with E-state index in [2.05, 4.69) is 13.8 Å². The molecule has 112 valence electrons. The summed E-state index contributed by atoms with van der Waals surface area (Å²) in [5.74, 6) is -1.54. The van der Waals surface area contributed by atoms with Gasteiger partial charge in [0.1, 0.15) is 12.0 Å². The highest BCUT2D eigenvalue weighted by Crippen LogP contribution is 2.60. The summed E-state index contributed by atoms with van der Waals surface area (Å²) in [6.45, 7) is 6.38. The second kappa shape index (κ2) is 4.06. The Kier molecular flexibility index (Phi) is 2.85. The zero-order chi connectivity index (χ0) is 14.6. The van der Waals surface area contributed by atoms with Crippen molar-refractivity contribution in [1.82, 2.24) is 0 Å². The molecule has 0 radical (unpaired) electrons. The number of carbonyl (C=O) groups excluding carboxylic acids is 1. The van der Waals surface area contributed by atoms with Gasteiger partial charge in [0.2, 0.25) is 5.79 Å². The molecule has 2 bridgehead atoms. The highest BCUT2D eigenvalue weighted by Gasteiger charge is 2.69. The largest absolute Gasteiger partial charge is 0.469 e. The summed E-state index contributed by atoms with van der Waals surface area (Å²) in [4.78, 5) is 22.9. The summed E-state index contributed by atoms with van der Waals surface area (Å²) < 4.78 is 10.9. The number of methoxy groups -OCH3 is 1. The zero-order valence-electron chi connectivity index (χ0n) is 12.5. The standard InChI is InChI=1S/C15H22O5/c1-12(2)6-5-7-13(3)15(12)9-8-14(18-13,19-20-15)10-11(16)17-4/h8-9H,5-7,10H2,1-4H3/t13-,14-,15+/m1/s1. The fourth-order valence-electron chi connectivity index (χ4n) is 3.95. The van der Waals surface area contributed by atoms with E-state index < -0.39 is 17.0 Å². The molecule has 0 aromatic heterocycles. The quantitative estimate of drug-likeness (QED) is 0.442. The van der Waals surface area contributed by atoms with Crippen molar-refractivity contribution in [1.29, 1.82) is 0 Å². The molecule has 0 amide bonds. The molecular weight excluding hydrogens is 260 g/mol. The minimum Gasteiger partial charge on any atom is -0.469 e. The first-order valence-electron chi connectivity index (χ1n) is 7.12. The molecule has 4 aliphatic rings. The molecule has 20 heavy (non-hydrogen) atoms. The zero-order valence-corrected chi connectivity index (χ0v) is 12.5. The number of fused-ring (bicyclic) bond motifs is 1. The molecule has 0 N–H and O–H groups in total. The first-order valence-corrected chi connectivity index (χ1v) is 7.12. The van der Waals surface area contributed by atoms with Gasteiger partial charge < -0.3 is 9.47 Å². The lowest BCUT2D eigenvalue weighted by Gasteiger charge is -2.64. The Balaban J connectivity index is 2.00. The van der Waals surface area contributed by atoms with Crippen molar-refractivity contribution in [2.45, 2.75) is 63.4 Å². The lowest BCUT2D eigenvalue weighted by Crippen LogP contribution is -2.73. The highest BCUT2D eigenvalue weighted by molar-refractivity contribution is 5.70. The van der Waals surface area contributed by atoms with Crippen molar-refractivity contribution in [3.8, 4) is 0 Å². The molecule has 5 heteroatoms. The minimum atomic E-state index is -1.16. The van der Waals surface area contributed by atoms with Crippen LogP contribution in [-0.2, 0) is 24.0 Å². The third-order valence-electron chi connectivity index (χ3n) is 5.15. The van der Waals surface area contributed by atoms with Gasteiger partial charge in [0.25, 0.3) is 0 Å². The van der Waals surface area contributed by atoms with E-state index in [1.807, 2.05) is 19.1 Å². The number of hydrogen-bond donors (Lipinski definition) is 0. The monoisotopic (exact) mass is 282 g/mol. The molecular formula is C15H22O5. The van der Waals surface area contributed by atoms with Crippen LogP contribution < -0.4 is 0 Å². The maximum Gasteiger partial charge on any atom is 0.311 e. The van der Waals surface area contributed by atoms with Gasteiger partial charge in [-0.1, -0.05) is 13.8 Å². The van der Waals surface area contributed by atoms with Crippen LogP contribution in [0.25, 0.3) is 0 Å². The van der Waals surface area contributed by atoms with Crippen LogP contribution in [0.15, 0.2) is 12.2 Å². The highest BCUT2D eigenvalue weighted by atomic mass is 17.3. The molecule has 1 spiro atoms. The van der Waals surface area contributed by atoms with Gasteiger partial charge in [-0.25, -0.2) is 4.89 Å². The van der Waals surface area contributed by atoms with Gasteiger partial charge in [-0.15, -0.1) is 0 Å². The van der Waals surface area contributed by atoms with Crippen LogP contribution in [0.4, 0.5) is 0 Å². The topological polar surface area (TPSA) is 54.0 Å². The molecule has 1 saturated carbocycles. The van der Waals surface area contributed by atoms with Gasteiger partial charge in [0.15, 0.2) is 5.60 Å². The summed E-state index contributed by atoms with van der Waals surface area (Å²) in [6, 6.07) is 0. The van der Waals surface area contributed by atoms with E-state index in [1.165, 1.54) is 7.11 Å². The van der Waals surface area contributed by atoms with Crippen molar-refractivity contribution in [2.24, 2.45) is 5.41 Å². The lowest BCUT2D eigenvalue weighted by atomic mass is 9.57. The van der Waals surface area contributed by atoms with Crippen LogP contribution in [0.3, 0.4) is 0 Å². The third-order valence-corrected chi connectivity index (χ3v) is 5.15. The SMILES string of the molecule is COC(=O)C[C@@]12C=C[C@]3(OO1)C(C)(C)CCC[C@@]3(C)O2. The van der Waals surface area contributed by atoms with Gasteiger partial charge in [0.05, 0.1) is 7.11 Å². The Bertz CT molecular complexity index is 471. The maximum absolute atomic E-state index is 11.6. The smallest absolute Gasteiger partial charge is 0.311 e. The van der Waals surface area contributed by atoms with E-state index >= 15 is 0 Å². The molecule has 3 aliphatic heterocycles. The molecule has 0 aromatic carbocycles. The lowest BCUT2D eigenvalue weighted by molar-refractivity contribution is -0.551. The number of esters is 1. The molecule has 3 heterocycles. The van der Waals surface area contributed by atoms with Crippen molar-refractivity contribution in [2.75, 3.05) is 7.11 Å². The first-order chi connectivity index (χ1) is 9.28. The molecule has 0 unspecified atom stereocenters. The summed E-state index contributed by atoms with van der Waals surface area (Å²) in [5, 5.41) is 0. The molecule has 5 nitrogen and oxygen atoms in total. The minimum absolute atomic E-state index is 0.00784. The van der Waals surface area contributed by atoms with Crippen molar-refractivity contribution >= 4 is 5.97 Å². The molecule has 1 aliphatic carbocycles. The van der Waals surface area contributed by atoms with E-state index in [0.717, 1.165) is 19.3 Å². The van der Waals surface area contributed by atoms with Crippen molar-refractivity contribution in [3.63, 3.8) is 0 Å². The fraction of sp³-hybridized carbons (Fsp3) is 0.800. The Morgan fingerprint density at radius 2 is 1.95 bits per heavy atom. The Morgan fingerprint density at radius 1 is 1.20 bits per heavy atom. The van der Waals surface area contributed by atoms with E-state index in [1.54, 1.807) is 0 Å². The fourth-order valence-corrected chi connectivity index (χ4v) is 3.95. The second-order valence-corrected chi connectivity index (χ2v) is 6.87. The molecule has 0 aromatic rings. The number of rotatable bonds is 2. The van der Waals surface area contributed by atoms with Gasteiger partial charge in [-0.3, -0.25) is 4.79 Å². The molecule has 1 saturated heterocycles. The van der Waals surface area contributed by atoms with Crippen LogP contribution in [0.2, 0.25) is 0 Å². The summed E-state index contributed by atoms with van der Waals surface area (Å²) in [7, 11) is 1.35. The number of hydrogen-bond acceptors (Lipinski definition) is 5. The number of carbonyl (C=O) groups is 1. The van der Waals surface area contributed by atoms with Crippen LogP contribution in [0.1, 0.15) is 46.5 Å². The van der Waals surface area contributed by atoms with E-state index in [4.69, 9.17) is 19.2 Å². The van der Waals surface area contributed by atoms with Gasteiger partial charge in [-0.2, -0.15) is 4.89 Å². The van der Waals surface area contributed by atoms with Gasteiger partial charge in [0, 0.05) is 5.41 Å². The predicted molar refractivity (Wildman–Crippen MR) is 70.5 cm³/mol. The van der Waals surface area contributed by atoms with Crippen LogP contribution in [0, 0.1) is 5.41 Å². The summed E-state index contributed by atoms with van der Waals surface area (Å²) >= 11 is 0. The normalized spacial score (nSPS) is 45.0. The van der Waals surface area contributed by atoms with Crippen LogP contribution >= 0.6 is 0 Å². The maximum atomic E-state index is 11.6. The van der Waals surface area contributed by atoms with E-state index in [9.17, 15) is 4.79 Å². The average Bonchev–Trinajstić information content (AvgIpc) is 2.37. The van der Waals surface area contributed by atoms with Crippen LogP contribution in [0.5, 0.6) is 0 Å². The predicted octanol–water partition coefficient (Wildman–Crippen LogP) is 2.50. The van der Waals surface area contributed by atoms with Gasteiger partial charge in [-0.05, 0) is 38.3 Å². The molecule has 4 rings (SSSR count). The molecule has 3 atom stereocenters. The van der Waals surface area contributed by atoms with Gasteiger partial charge >= 0.3 is 5.97 Å². The van der Waals surface area contributed by atoms with Crippen molar-refractivity contribution in [3.05, 3.63) is 12.2 Å². The van der Waals surface area contributed by atoms with E-state index in [0.29, 0.717) is 0 Å². The van der Waals surface area contributed by atoms with E-state index in [-0.39, 0.29) is 17.8 Å². The summed E-state index contributed by atoms with van der Waals surface area (Å²) in [6.07, 6.45) is 6.82. The average molecular weight is 282 g/mol.